The van der Waals surface area contributed by atoms with Crippen molar-refractivity contribution in [2.75, 3.05) is 63.8 Å². The molecule has 1 aromatic heterocycles. The van der Waals surface area contributed by atoms with E-state index in [-0.39, 0.29) is 29.6 Å². The monoisotopic (exact) mass is 665 g/mol. The number of fused-ring (bicyclic) bond motifs is 1. The number of hydrogen-bond donors (Lipinski definition) is 1. The lowest BCUT2D eigenvalue weighted by Gasteiger charge is -2.48. The van der Waals surface area contributed by atoms with E-state index in [0.29, 0.717) is 24.8 Å². The maximum atomic E-state index is 13.2. The summed E-state index contributed by atoms with van der Waals surface area (Å²) in [5, 5.41) is 2.38. The Morgan fingerprint density at radius 1 is 0.875 bits per heavy atom. The van der Waals surface area contributed by atoms with Gasteiger partial charge in [0, 0.05) is 65.0 Å². The van der Waals surface area contributed by atoms with E-state index >= 15 is 0 Å². The molecule has 1 N–H and O–H groups in total. The third-order valence-corrected chi connectivity index (χ3v) is 10.9. The van der Waals surface area contributed by atoms with Gasteiger partial charge in [-0.1, -0.05) is 0 Å². The molecule has 1 atom stereocenters. The van der Waals surface area contributed by atoms with Gasteiger partial charge in [-0.15, -0.1) is 0 Å². The molecule has 0 aliphatic carbocycles. The number of imidazole rings is 1. The van der Waals surface area contributed by atoms with E-state index in [4.69, 9.17) is 4.74 Å². The van der Waals surface area contributed by atoms with Crippen molar-refractivity contribution in [3.05, 3.63) is 28.7 Å². The van der Waals surface area contributed by atoms with Crippen LogP contribution in [0, 0.1) is 11.8 Å². The van der Waals surface area contributed by atoms with Crippen LogP contribution < -0.4 is 15.9 Å². The fraction of sp³-hybridized carbons (Fsp3) is 0.722. The van der Waals surface area contributed by atoms with Gasteiger partial charge in [-0.05, 0) is 110 Å². The van der Waals surface area contributed by atoms with E-state index in [1.165, 1.54) is 12.8 Å². The molecule has 0 radical (unpaired) electrons. The zero-order valence-corrected chi connectivity index (χ0v) is 29.8. The van der Waals surface area contributed by atoms with E-state index in [1.807, 2.05) is 31.7 Å². The molecule has 4 aliphatic rings. The van der Waals surface area contributed by atoms with Crippen LogP contribution in [0.15, 0.2) is 23.0 Å². The number of aromatic nitrogens is 2. The van der Waals surface area contributed by atoms with Gasteiger partial charge in [0.2, 0.25) is 11.8 Å². The van der Waals surface area contributed by atoms with E-state index in [1.54, 1.807) is 16.2 Å². The Labute approximate surface area is 284 Å². The predicted molar refractivity (Wildman–Crippen MR) is 186 cm³/mol. The van der Waals surface area contributed by atoms with Crippen LogP contribution in [0.2, 0.25) is 0 Å². The summed E-state index contributed by atoms with van der Waals surface area (Å²) in [6, 6.07) is 5.42. The zero-order chi connectivity index (χ0) is 34.4. The second-order valence-corrected chi connectivity index (χ2v) is 16.2. The van der Waals surface area contributed by atoms with Gasteiger partial charge in [-0.25, -0.2) is 9.59 Å². The number of hydrogen-bond acceptors (Lipinski definition) is 8. The molecule has 48 heavy (non-hydrogen) atoms. The molecular formula is C36H55N7O5. The molecule has 5 heterocycles. The molecular weight excluding hydrogens is 610 g/mol. The first-order valence-electron chi connectivity index (χ1n) is 17.9. The molecule has 12 nitrogen and oxygen atoms in total. The van der Waals surface area contributed by atoms with Gasteiger partial charge in [0.1, 0.15) is 11.6 Å². The standard InChI is InChI=1S/C36H55N7O5/c1-35(2,3)48-34(47)42-20-19-40(24-36(42,4)5)23-25-11-15-39(16-12-25)22-26-13-17-41(18-14-26)27-7-8-28-30(21-27)38(6)33(46)43(28)29-9-10-31(44)37-32(29)45/h7-8,21,25-26,29H,9-20,22-24H2,1-6H3,(H,37,44,45). The minimum Gasteiger partial charge on any atom is -0.444 e. The Bertz CT molecular complexity index is 1570. The van der Waals surface area contributed by atoms with Crippen molar-refractivity contribution in [2.45, 2.75) is 90.3 Å². The van der Waals surface area contributed by atoms with Crippen molar-refractivity contribution in [1.29, 1.82) is 0 Å². The van der Waals surface area contributed by atoms with Crippen molar-refractivity contribution < 1.29 is 19.1 Å². The number of benzene rings is 1. The van der Waals surface area contributed by atoms with Gasteiger partial charge in [-0.2, -0.15) is 0 Å². The minimum atomic E-state index is -0.667. The number of likely N-dealkylation sites (tertiary alicyclic amines) is 1. The molecule has 0 bridgehead atoms. The number of rotatable bonds is 6. The Kier molecular flexibility index (Phi) is 9.70. The van der Waals surface area contributed by atoms with Crippen molar-refractivity contribution in [3.63, 3.8) is 0 Å². The lowest BCUT2D eigenvalue weighted by molar-refractivity contribution is -0.135. The van der Waals surface area contributed by atoms with E-state index in [0.717, 1.165) is 81.9 Å². The molecule has 3 amide bonds. The number of piperidine rings is 3. The number of aryl methyl sites for hydroxylation is 1. The number of imide groups is 1. The van der Waals surface area contributed by atoms with Gasteiger partial charge < -0.3 is 19.4 Å². The fourth-order valence-corrected chi connectivity index (χ4v) is 8.30. The summed E-state index contributed by atoms with van der Waals surface area (Å²) in [6.07, 6.45) is 5.10. The molecule has 4 fully saturated rings. The van der Waals surface area contributed by atoms with Crippen molar-refractivity contribution >= 4 is 34.6 Å². The summed E-state index contributed by atoms with van der Waals surface area (Å²) in [6.45, 7) is 19.1. The SMILES string of the molecule is Cn1c(=O)n(C2CCC(=O)NC2=O)c2ccc(N3CCC(CN4CCC(CN5CCN(C(=O)OC(C)(C)C)C(C)(C)C5)CC4)CC3)cc21. The maximum absolute atomic E-state index is 13.2. The molecule has 4 aliphatic heterocycles. The molecule has 1 aromatic carbocycles. The van der Waals surface area contributed by atoms with Gasteiger partial charge in [-0.3, -0.25) is 28.9 Å². The quantitative estimate of drug-likeness (QED) is 0.467. The van der Waals surface area contributed by atoms with Crippen LogP contribution in [-0.4, -0.2) is 112 Å². The van der Waals surface area contributed by atoms with Crippen LogP contribution >= 0.6 is 0 Å². The van der Waals surface area contributed by atoms with Crippen LogP contribution in [0.4, 0.5) is 10.5 Å². The molecule has 264 valence electrons. The van der Waals surface area contributed by atoms with E-state index in [2.05, 4.69) is 46.0 Å². The molecule has 12 heteroatoms. The zero-order valence-electron chi connectivity index (χ0n) is 29.8. The molecule has 0 saturated carbocycles. The van der Waals surface area contributed by atoms with Crippen molar-refractivity contribution in [2.24, 2.45) is 18.9 Å². The van der Waals surface area contributed by atoms with Crippen molar-refractivity contribution in [1.82, 2.24) is 29.2 Å². The average Bonchev–Trinajstić information content (AvgIpc) is 3.26. The number of carbonyl (C=O) groups is 3. The number of nitrogens with zero attached hydrogens (tertiary/aromatic N) is 6. The van der Waals surface area contributed by atoms with Gasteiger partial charge in [0.15, 0.2) is 0 Å². The third-order valence-electron chi connectivity index (χ3n) is 10.9. The Balaban J connectivity index is 0.962. The Morgan fingerprint density at radius 3 is 2.15 bits per heavy atom. The van der Waals surface area contributed by atoms with Crippen LogP contribution in [0.5, 0.6) is 0 Å². The lowest BCUT2D eigenvalue weighted by Crippen LogP contribution is -2.62. The topological polar surface area (TPSA) is 112 Å². The lowest BCUT2D eigenvalue weighted by atomic mass is 9.91. The highest BCUT2D eigenvalue weighted by Crippen LogP contribution is 2.31. The smallest absolute Gasteiger partial charge is 0.410 e. The second-order valence-electron chi connectivity index (χ2n) is 16.2. The summed E-state index contributed by atoms with van der Waals surface area (Å²) < 4.78 is 8.84. The maximum Gasteiger partial charge on any atom is 0.410 e. The van der Waals surface area contributed by atoms with Crippen LogP contribution in [0.3, 0.4) is 0 Å². The number of amides is 3. The minimum absolute atomic E-state index is 0.207. The Hall–Kier alpha value is -3.38. The van der Waals surface area contributed by atoms with Gasteiger partial charge in [0.05, 0.1) is 16.6 Å². The summed E-state index contributed by atoms with van der Waals surface area (Å²) in [5.74, 6) is 0.687. The highest BCUT2D eigenvalue weighted by atomic mass is 16.6. The van der Waals surface area contributed by atoms with E-state index < -0.39 is 17.6 Å². The first-order valence-corrected chi connectivity index (χ1v) is 17.9. The van der Waals surface area contributed by atoms with Gasteiger partial charge >= 0.3 is 11.8 Å². The van der Waals surface area contributed by atoms with Crippen molar-refractivity contribution in [3.8, 4) is 0 Å². The number of ether oxygens (including phenoxy) is 1. The molecule has 0 spiro atoms. The largest absolute Gasteiger partial charge is 0.444 e. The average molecular weight is 666 g/mol. The Morgan fingerprint density at radius 2 is 1.52 bits per heavy atom. The van der Waals surface area contributed by atoms with Crippen LogP contribution in [0.25, 0.3) is 11.0 Å². The summed E-state index contributed by atoms with van der Waals surface area (Å²) >= 11 is 0. The molecule has 6 rings (SSSR count). The number of anilines is 1. The summed E-state index contributed by atoms with van der Waals surface area (Å²) in [5.41, 5.74) is 1.67. The second kappa shape index (κ2) is 13.5. The number of nitrogens with one attached hydrogen (secondary N) is 1. The first-order chi connectivity index (χ1) is 22.7. The highest BCUT2D eigenvalue weighted by molar-refractivity contribution is 6.00. The number of piperazine rings is 1. The normalized spacial score (nSPS) is 23.9. The summed E-state index contributed by atoms with van der Waals surface area (Å²) in [7, 11) is 1.75. The number of carbonyl (C=O) groups excluding carboxylic acids is 3. The third kappa shape index (κ3) is 7.44. The molecule has 4 saturated heterocycles. The molecule has 1 unspecified atom stereocenters. The fourth-order valence-electron chi connectivity index (χ4n) is 8.30. The predicted octanol–water partition coefficient (Wildman–Crippen LogP) is 3.58. The first kappa shape index (κ1) is 34.5. The summed E-state index contributed by atoms with van der Waals surface area (Å²) in [4.78, 5) is 59.7. The highest BCUT2D eigenvalue weighted by Gasteiger charge is 2.39. The van der Waals surface area contributed by atoms with Crippen LogP contribution in [-0.2, 0) is 21.4 Å². The van der Waals surface area contributed by atoms with Crippen LogP contribution in [0.1, 0.15) is 79.2 Å². The molecule has 2 aromatic rings. The van der Waals surface area contributed by atoms with E-state index in [9.17, 15) is 19.2 Å². The van der Waals surface area contributed by atoms with Gasteiger partial charge in [0.25, 0.3) is 0 Å².